The molecule has 20 heavy (non-hydrogen) atoms. The molecule has 0 bridgehead atoms. The second-order valence-corrected chi connectivity index (χ2v) is 4.76. The number of aromatic nitrogens is 1. The predicted octanol–water partition coefficient (Wildman–Crippen LogP) is 3.53. The first-order valence-electron chi connectivity index (χ1n) is 6.57. The van der Waals surface area contributed by atoms with Crippen molar-refractivity contribution in [2.75, 3.05) is 7.11 Å². The number of hydrogen-bond acceptors (Lipinski definition) is 4. The Bertz CT molecular complexity index is 608. The van der Waals surface area contributed by atoms with Crippen LogP contribution >= 0.6 is 0 Å². The van der Waals surface area contributed by atoms with Crippen LogP contribution in [-0.2, 0) is 4.74 Å². The van der Waals surface area contributed by atoms with E-state index >= 15 is 0 Å². The van der Waals surface area contributed by atoms with E-state index < -0.39 is 0 Å². The quantitative estimate of drug-likeness (QED) is 0.855. The van der Waals surface area contributed by atoms with Gasteiger partial charge in [0, 0.05) is 18.0 Å². The van der Waals surface area contributed by atoms with Gasteiger partial charge in [-0.15, -0.1) is 0 Å². The molecule has 3 rings (SSSR count). The van der Waals surface area contributed by atoms with E-state index in [2.05, 4.69) is 16.9 Å². The second-order valence-electron chi connectivity index (χ2n) is 4.76. The number of pyridine rings is 1. The fourth-order valence-electron chi connectivity index (χ4n) is 2.21. The standard InChI is InChI=1S/C16H16N2O2/c1-11-15(12-4-3-9-17-10-12)20-16(11)18-13-5-7-14(19-2)8-6-13/h3-11,15H,1-2H3. The van der Waals surface area contributed by atoms with Gasteiger partial charge in [-0.1, -0.05) is 6.07 Å². The molecule has 2 atom stereocenters. The van der Waals surface area contributed by atoms with E-state index in [1.54, 1.807) is 13.3 Å². The Balaban J connectivity index is 1.72. The third-order valence-corrected chi connectivity index (χ3v) is 3.42. The molecule has 0 aliphatic carbocycles. The summed E-state index contributed by atoms with van der Waals surface area (Å²) in [6.07, 6.45) is 3.66. The van der Waals surface area contributed by atoms with Gasteiger partial charge in [0.1, 0.15) is 11.9 Å². The predicted molar refractivity (Wildman–Crippen MR) is 77.3 cm³/mol. The molecule has 2 heterocycles. The third kappa shape index (κ3) is 2.37. The zero-order valence-corrected chi connectivity index (χ0v) is 11.5. The molecule has 4 heteroatoms. The van der Waals surface area contributed by atoms with Crippen LogP contribution in [0.5, 0.6) is 5.75 Å². The zero-order valence-electron chi connectivity index (χ0n) is 11.5. The summed E-state index contributed by atoms with van der Waals surface area (Å²) in [6.45, 7) is 2.11. The number of nitrogens with zero attached hydrogens (tertiary/aromatic N) is 2. The molecule has 0 N–H and O–H groups in total. The van der Waals surface area contributed by atoms with E-state index in [1.165, 1.54) is 0 Å². The van der Waals surface area contributed by atoms with E-state index in [-0.39, 0.29) is 12.0 Å². The minimum absolute atomic E-state index is 0.0562. The number of hydrogen-bond donors (Lipinski definition) is 0. The largest absolute Gasteiger partial charge is 0.497 e. The van der Waals surface area contributed by atoms with Crippen molar-refractivity contribution >= 4 is 11.6 Å². The molecule has 0 radical (unpaired) electrons. The monoisotopic (exact) mass is 268 g/mol. The summed E-state index contributed by atoms with van der Waals surface area (Å²) in [5, 5.41) is 0. The molecular weight excluding hydrogens is 252 g/mol. The second kappa shape index (κ2) is 5.33. The van der Waals surface area contributed by atoms with Gasteiger partial charge in [0.2, 0.25) is 0 Å². The molecule has 1 aromatic heterocycles. The van der Waals surface area contributed by atoms with Gasteiger partial charge in [-0.3, -0.25) is 4.98 Å². The molecule has 1 aliphatic heterocycles. The van der Waals surface area contributed by atoms with Crippen molar-refractivity contribution in [3.8, 4) is 5.75 Å². The smallest absolute Gasteiger partial charge is 0.196 e. The maximum atomic E-state index is 5.78. The number of benzene rings is 1. The van der Waals surface area contributed by atoms with Crippen LogP contribution in [0.3, 0.4) is 0 Å². The van der Waals surface area contributed by atoms with Crippen LogP contribution < -0.4 is 4.74 Å². The van der Waals surface area contributed by atoms with Crippen LogP contribution in [0.2, 0.25) is 0 Å². The average Bonchev–Trinajstić information content (AvgIpc) is 2.52. The third-order valence-electron chi connectivity index (χ3n) is 3.42. The number of rotatable bonds is 3. The van der Waals surface area contributed by atoms with Crippen molar-refractivity contribution in [3.05, 3.63) is 54.4 Å². The lowest BCUT2D eigenvalue weighted by Gasteiger charge is -2.36. The summed E-state index contributed by atoms with van der Waals surface area (Å²) in [5.74, 6) is 1.86. The fraction of sp³-hybridized carbons (Fsp3) is 0.250. The molecule has 1 aliphatic rings. The van der Waals surface area contributed by atoms with E-state index in [9.17, 15) is 0 Å². The van der Waals surface area contributed by atoms with Crippen molar-refractivity contribution in [2.45, 2.75) is 13.0 Å². The summed E-state index contributed by atoms with van der Waals surface area (Å²) in [4.78, 5) is 8.63. The Morgan fingerprint density at radius 1 is 1.20 bits per heavy atom. The average molecular weight is 268 g/mol. The van der Waals surface area contributed by atoms with Crippen LogP contribution in [0.25, 0.3) is 0 Å². The maximum absolute atomic E-state index is 5.78. The lowest BCUT2D eigenvalue weighted by Crippen LogP contribution is -2.36. The van der Waals surface area contributed by atoms with Crippen LogP contribution in [0.4, 0.5) is 5.69 Å². The van der Waals surface area contributed by atoms with Crippen molar-refractivity contribution in [1.82, 2.24) is 4.98 Å². The van der Waals surface area contributed by atoms with E-state index in [0.29, 0.717) is 0 Å². The summed E-state index contributed by atoms with van der Waals surface area (Å²) >= 11 is 0. The minimum Gasteiger partial charge on any atom is -0.497 e. The molecule has 0 saturated carbocycles. The molecule has 1 fully saturated rings. The van der Waals surface area contributed by atoms with Crippen LogP contribution in [0, 0.1) is 5.92 Å². The van der Waals surface area contributed by atoms with Gasteiger partial charge in [-0.05, 0) is 37.3 Å². The van der Waals surface area contributed by atoms with Gasteiger partial charge in [-0.25, -0.2) is 4.99 Å². The summed E-state index contributed by atoms with van der Waals surface area (Å²) < 4.78 is 10.9. The highest BCUT2D eigenvalue weighted by atomic mass is 16.5. The van der Waals surface area contributed by atoms with Gasteiger partial charge in [0.15, 0.2) is 5.90 Å². The lowest BCUT2D eigenvalue weighted by molar-refractivity contribution is 0.0659. The highest BCUT2D eigenvalue weighted by Gasteiger charge is 2.37. The summed E-state index contributed by atoms with van der Waals surface area (Å²) in [5.41, 5.74) is 1.96. The first-order valence-corrected chi connectivity index (χ1v) is 6.57. The summed E-state index contributed by atoms with van der Waals surface area (Å²) in [6, 6.07) is 11.6. The first kappa shape index (κ1) is 12.7. The Hall–Kier alpha value is -2.36. The minimum atomic E-state index is 0.0562. The van der Waals surface area contributed by atoms with Gasteiger partial charge >= 0.3 is 0 Å². The normalized spacial score (nSPS) is 23.0. The Labute approximate surface area is 118 Å². The van der Waals surface area contributed by atoms with Gasteiger partial charge in [0.05, 0.1) is 18.7 Å². The SMILES string of the molecule is COc1ccc(N=C2OC(c3cccnc3)C2C)cc1. The van der Waals surface area contributed by atoms with E-state index in [1.807, 2.05) is 42.6 Å². The molecule has 102 valence electrons. The maximum Gasteiger partial charge on any atom is 0.196 e. The summed E-state index contributed by atoms with van der Waals surface area (Å²) in [7, 11) is 1.65. The molecule has 2 aromatic rings. The van der Waals surface area contributed by atoms with Crippen molar-refractivity contribution in [2.24, 2.45) is 10.9 Å². The highest BCUT2D eigenvalue weighted by molar-refractivity contribution is 5.86. The van der Waals surface area contributed by atoms with Crippen molar-refractivity contribution in [3.63, 3.8) is 0 Å². The Morgan fingerprint density at radius 2 is 2.00 bits per heavy atom. The Morgan fingerprint density at radius 3 is 2.60 bits per heavy atom. The van der Waals surface area contributed by atoms with Crippen molar-refractivity contribution < 1.29 is 9.47 Å². The van der Waals surface area contributed by atoms with Gasteiger partial charge in [0.25, 0.3) is 0 Å². The van der Waals surface area contributed by atoms with Crippen molar-refractivity contribution in [1.29, 1.82) is 0 Å². The molecular formula is C16H16N2O2. The topological polar surface area (TPSA) is 43.7 Å². The number of ether oxygens (including phenoxy) is 2. The molecule has 1 saturated heterocycles. The van der Waals surface area contributed by atoms with Gasteiger partial charge < -0.3 is 9.47 Å². The first-order chi connectivity index (χ1) is 9.78. The molecule has 1 aromatic carbocycles. The van der Waals surface area contributed by atoms with Gasteiger partial charge in [-0.2, -0.15) is 0 Å². The zero-order chi connectivity index (χ0) is 13.9. The Kier molecular flexibility index (Phi) is 3.37. The molecule has 0 spiro atoms. The number of aliphatic imine (C=N–C) groups is 1. The number of methoxy groups -OCH3 is 1. The molecule has 0 amide bonds. The van der Waals surface area contributed by atoms with Crippen LogP contribution in [-0.4, -0.2) is 18.0 Å². The highest BCUT2D eigenvalue weighted by Crippen LogP contribution is 2.38. The lowest BCUT2D eigenvalue weighted by atomic mass is 9.93. The van der Waals surface area contributed by atoms with E-state index in [0.717, 1.165) is 22.9 Å². The van der Waals surface area contributed by atoms with Crippen LogP contribution in [0.1, 0.15) is 18.6 Å². The van der Waals surface area contributed by atoms with E-state index in [4.69, 9.17) is 9.47 Å². The molecule has 4 nitrogen and oxygen atoms in total. The fourth-order valence-corrected chi connectivity index (χ4v) is 2.21. The molecule has 2 unspecified atom stereocenters. The van der Waals surface area contributed by atoms with Crippen LogP contribution in [0.15, 0.2) is 53.8 Å².